The zero-order valence-corrected chi connectivity index (χ0v) is 34.1. The summed E-state index contributed by atoms with van der Waals surface area (Å²) in [6.07, 6.45) is 2.66. The molecule has 0 spiro atoms. The van der Waals surface area contributed by atoms with E-state index in [0.29, 0.717) is 95.4 Å². The Kier molecular flexibility index (Phi) is 10.6. The van der Waals surface area contributed by atoms with Gasteiger partial charge in [-0.25, -0.2) is 28.2 Å². The van der Waals surface area contributed by atoms with Gasteiger partial charge in [0.2, 0.25) is 11.9 Å². The molecule has 9 rings (SSSR count). The maximum Gasteiger partial charge on any atom is 0.328 e. The Hall–Kier alpha value is -6.47. The van der Waals surface area contributed by atoms with E-state index in [2.05, 4.69) is 10.3 Å². The number of imidazole rings is 1. The van der Waals surface area contributed by atoms with Gasteiger partial charge >= 0.3 is 5.97 Å². The summed E-state index contributed by atoms with van der Waals surface area (Å²) in [7, 11) is 4.67. The number of likely N-dealkylation sites (N-methyl/N-ethyl adjacent to an activating group) is 1. The summed E-state index contributed by atoms with van der Waals surface area (Å²) >= 11 is 0. The first-order valence-corrected chi connectivity index (χ1v) is 20.1. The molecule has 0 aliphatic carbocycles. The van der Waals surface area contributed by atoms with Crippen LogP contribution >= 0.6 is 0 Å². The highest BCUT2D eigenvalue weighted by Crippen LogP contribution is 2.38. The molecule has 2 N–H and O–H groups in total. The molecule has 6 aromatic rings. The summed E-state index contributed by atoms with van der Waals surface area (Å²) < 4.78 is 50.1. The molecule has 4 bridgehead atoms. The van der Waals surface area contributed by atoms with Gasteiger partial charge in [0.15, 0.2) is 5.65 Å². The van der Waals surface area contributed by atoms with Crippen LogP contribution in [0.5, 0.6) is 5.75 Å². The third-order valence-corrected chi connectivity index (χ3v) is 11.7. The van der Waals surface area contributed by atoms with Crippen LogP contribution in [0, 0.1) is 18.6 Å². The number of carbonyl (C=O) groups excluding carboxylic acids is 2. The third kappa shape index (κ3) is 7.30. The Bertz CT molecular complexity index is 2660. The smallest absolute Gasteiger partial charge is 0.328 e. The fraction of sp³-hybridized carbons (Fsp3) is 0.405. The maximum absolute atomic E-state index is 15.2. The zero-order valence-electron chi connectivity index (χ0n) is 34.1. The van der Waals surface area contributed by atoms with Crippen molar-refractivity contribution in [3.63, 3.8) is 0 Å². The number of nitrogens with zero attached hydrogens (tertiary/aromatic N) is 10. The number of aryl methyl sites for hydroxylation is 1. The minimum absolute atomic E-state index is 0.0907. The predicted octanol–water partition coefficient (Wildman–Crippen LogP) is 3.87. The van der Waals surface area contributed by atoms with Gasteiger partial charge in [0.1, 0.15) is 59.2 Å². The first-order valence-electron chi connectivity index (χ1n) is 20.1. The van der Waals surface area contributed by atoms with Gasteiger partial charge in [-0.3, -0.25) is 4.79 Å². The molecule has 2 aromatic carbocycles. The highest BCUT2D eigenvalue weighted by atomic mass is 19.1. The average molecular weight is 838 g/mol. The average Bonchev–Trinajstić information content (AvgIpc) is 4.07. The number of methoxy groups -OCH3 is 2. The number of pyridine rings is 1. The number of benzene rings is 2. The summed E-state index contributed by atoms with van der Waals surface area (Å²) in [6, 6.07) is 10.6. The van der Waals surface area contributed by atoms with Gasteiger partial charge in [-0.2, -0.15) is 15.1 Å². The number of carbonyl (C=O) groups is 2. The first kappa shape index (κ1) is 40.0. The molecule has 7 heterocycles. The van der Waals surface area contributed by atoms with Gasteiger partial charge in [0.25, 0.3) is 0 Å². The van der Waals surface area contributed by atoms with Crippen molar-refractivity contribution in [1.82, 2.24) is 39.2 Å². The molecule has 17 nitrogen and oxygen atoms in total. The molecule has 318 valence electrons. The maximum atomic E-state index is 15.2. The molecule has 4 aromatic heterocycles. The number of hydrogen-bond acceptors (Lipinski definition) is 14. The Morgan fingerprint density at radius 1 is 1.00 bits per heavy atom. The number of halogens is 2. The van der Waals surface area contributed by atoms with Crippen LogP contribution in [0.25, 0.3) is 39.0 Å². The van der Waals surface area contributed by atoms with Crippen molar-refractivity contribution in [3.8, 4) is 22.7 Å². The first-order chi connectivity index (χ1) is 29.5. The van der Waals surface area contributed by atoms with Crippen LogP contribution in [0.4, 0.5) is 26.4 Å². The second kappa shape index (κ2) is 16.2. The van der Waals surface area contributed by atoms with Crippen molar-refractivity contribution in [2.75, 3.05) is 69.2 Å². The van der Waals surface area contributed by atoms with Gasteiger partial charge in [0.05, 0.1) is 54.7 Å². The zero-order chi connectivity index (χ0) is 42.5. The second-order valence-corrected chi connectivity index (χ2v) is 15.5. The van der Waals surface area contributed by atoms with Crippen LogP contribution in [-0.2, 0) is 25.6 Å². The highest BCUT2D eigenvalue weighted by Gasteiger charge is 2.42. The van der Waals surface area contributed by atoms with Crippen LogP contribution in [-0.4, -0.2) is 135 Å². The van der Waals surface area contributed by atoms with Gasteiger partial charge in [-0.05, 0) is 56.5 Å². The number of fused-ring (bicyclic) bond motifs is 6. The SMILES string of the molecule is COC(=O)[C@@H]1CCCN1c1nc(N2C[C@@H]3C[C@H]2C(=O)N(C)C[C@H](OC)Cn2c(C)nc4cc(F)cc(c42)-c2cccc(n2)N3)c2cnn(-c3ccc(F)cc3OCCO)c2n1. The molecule has 3 aliphatic rings. The Morgan fingerprint density at radius 2 is 1.85 bits per heavy atom. The van der Waals surface area contributed by atoms with E-state index in [1.165, 1.54) is 42.1 Å². The van der Waals surface area contributed by atoms with Crippen molar-refractivity contribution in [2.45, 2.75) is 57.0 Å². The van der Waals surface area contributed by atoms with Crippen molar-refractivity contribution in [2.24, 2.45) is 0 Å². The van der Waals surface area contributed by atoms with E-state index in [0.717, 1.165) is 0 Å². The molecule has 0 saturated carbocycles. The summed E-state index contributed by atoms with van der Waals surface area (Å²) in [5.74, 6) is 0.323. The monoisotopic (exact) mass is 837 g/mol. The summed E-state index contributed by atoms with van der Waals surface area (Å²) in [6.45, 7) is 2.76. The lowest BCUT2D eigenvalue weighted by molar-refractivity contribution is -0.142. The van der Waals surface area contributed by atoms with Gasteiger partial charge < -0.3 is 43.9 Å². The van der Waals surface area contributed by atoms with Crippen LogP contribution in [0.3, 0.4) is 0 Å². The van der Waals surface area contributed by atoms with Crippen LogP contribution in [0.15, 0.2) is 54.7 Å². The number of rotatable bonds is 8. The molecular formula is C42H45F2N11O6. The van der Waals surface area contributed by atoms with E-state index in [-0.39, 0.29) is 43.4 Å². The largest absolute Gasteiger partial charge is 0.489 e. The van der Waals surface area contributed by atoms with Crippen LogP contribution in [0.2, 0.25) is 0 Å². The van der Waals surface area contributed by atoms with Gasteiger partial charge in [0, 0.05) is 57.5 Å². The third-order valence-electron chi connectivity index (χ3n) is 11.7. The van der Waals surface area contributed by atoms with Crippen molar-refractivity contribution < 1.29 is 37.7 Å². The fourth-order valence-electron chi connectivity index (χ4n) is 8.84. The number of aliphatic hydroxyl groups excluding tert-OH is 1. The Labute approximate surface area is 348 Å². The van der Waals surface area contributed by atoms with E-state index in [4.69, 9.17) is 34.3 Å². The number of ether oxygens (including phenoxy) is 3. The van der Waals surface area contributed by atoms with Crippen molar-refractivity contribution in [1.29, 1.82) is 0 Å². The van der Waals surface area contributed by atoms with Crippen molar-refractivity contribution >= 4 is 51.5 Å². The molecule has 2 saturated heterocycles. The number of amides is 1. The number of hydrogen-bond donors (Lipinski definition) is 2. The topological polar surface area (TPSA) is 178 Å². The predicted molar refractivity (Wildman–Crippen MR) is 221 cm³/mol. The van der Waals surface area contributed by atoms with Crippen LogP contribution in [0.1, 0.15) is 25.1 Å². The van der Waals surface area contributed by atoms with Gasteiger partial charge in [-0.1, -0.05) is 6.07 Å². The number of aliphatic hydroxyl groups is 1. The number of esters is 1. The number of nitrogens with one attached hydrogen (secondary N) is 1. The normalized spacial score (nSPS) is 20.6. The summed E-state index contributed by atoms with van der Waals surface area (Å²) in [4.78, 5) is 53.1. The highest BCUT2D eigenvalue weighted by molar-refractivity contribution is 5.95. The van der Waals surface area contributed by atoms with E-state index >= 15 is 4.39 Å². The molecular weight excluding hydrogens is 793 g/mol. The molecule has 4 atom stereocenters. The van der Waals surface area contributed by atoms with E-state index in [9.17, 15) is 19.1 Å². The lowest BCUT2D eigenvalue weighted by Gasteiger charge is -2.31. The van der Waals surface area contributed by atoms with E-state index in [1.54, 1.807) is 30.2 Å². The quantitative estimate of drug-likeness (QED) is 0.211. The molecule has 1 amide bonds. The van der Waals surface area contributed by atoms with Crippen molar-refractivity contribution in [3.05, 3.63) is 72.2 Å². The molecule has 2 fully saturated rings. The number of aromatic nitrogens is 7. The molecule has 0 radical (unpaired) electrons. The summed E-state index contributed by atoms with van der Waals surface area (Å²) in [5.41, 5.74) is 2.99. The summed E-state index contributed by atoms with van der Waals surface area (Å²) in [5, 5.41) is 18.3. The molecule has 61 heavy (non-hydrogen) atoms. The molecule has 19 heteroatoms. The van der Waals surface area contributed by atoms with Crippen LogP contribution < -0.4 is 19.9 Å². The second-order valence-electron chi connectivity index (χ2n) is 15.5. The lowest BCUT2D eigenvalue weighted by atomic mass is 10.1. The Balaban J connectivity index is 1.19. The standard InChI is InChI=1S/C42H45F2N11O6/c1-23-46-31-16-25(44)15-28-30-7-5-9-36(48-30)47-26-18-34(40(57)51(2)21-27(59-3)22-53(23)37(28)31)54(20-26)38-29-19-45-55(32-11-10-24(43)17-35(32)61-14-13-56)39(29)50-42(49-38)52-12-6-8-33(52)41(58)60-4/h5,7,9-11,15-17,19,26-27,33-34,56H,6,8,12-14,18,20-22H2,1-4H3,(H,47,48)/t26-,27-,33-,34-/m0/s1. The lowest BCUT2D eigenvalue weighted by Crippen LogP contribution is -2.47. The number of anilines is 3. The van der Waals surface area contributed by atoms with E-state index in [1.807, 2.05) is 34.6 Å². The molecule has 0 unspecified atom stereocenters. The fourth-order valence-corrected chi connectivity index (χ4v) is 8.84. The van der Waals surface area contributed by atoms with E-state index < -0.39 is 35.8 Å². The minimum Gasteiger partial charge on any atom is -0.489 e. The van der Waals surface area contributed by atoms with Gasteiger partial charge in [-0.15, -0.1) is 0 Å². The minimum atomic E-state index is -0.750. The Morgan fingerprint density at radius 3 is 2.66 bits per heavy atom. The molecule has 3 aliphatic heterocycles.